The number of hydrogen-bond donors (Lipinski definition) is 2. The quantitative estimate of drug-likeness (QED) is 0.550. The molecule has 0 radical (unpaired) electrons. The molecule has 0 saturated carbocycles. The molecule has 4 nitrogen and oxygen atoms in total. The van der Waals surface area contributed by atoms with Gasteiger partial charge in [-0.2, -0.15) is 0 Å². The maximum absolute atomic E-state index is 5.65. The van der Waals surface area contributed by atoms with Crippen LogP contribution in [0.25, 0.3) is 0 Å². The zero-order valence-corrected chi connectivity index (χ0v) is 10.3. The van der Waals surface area contributed by atoms with Gasteiger partial charge in [-0.3, -0.25) is 11.3 Å². The van der Waals surface area contributed by atoms with Gasteiger partial charge in [-0.1, -0.05) is 13.8 Å². The maximum Gasteiger partial charge on any atom is 0.105 e. The van der Waals surface area contributed by atoms with Crippen LogP contribution in [0.3, 0.4) is 0 Å². The molecule has 3 N–H and O–H groups in total. The summed E-state index contributed by atoms with van der Waals surface area (Å²) in [7, 11) is 1.74. The number of methoxy groups -OCH3 is 1. The topological polar surface area (TPSA) is 60.4 Å². The lowest BCUT2D eigenvalue weighted by Crippen LogP contribution is -2.55. The molecule has 1 aromatic heterocycles. The fourth-order valence-electron chi connectivity index (χ4n) is 2.20. The number of furan rings is 1. The van der Waals surface area contributed by atoms with Gasteiger partial charge >= 0.3 is 0 Å². The number of hydrogen-bond acceptors (Lipinski definition) is 4. The minimum atomic E-state index is -0.235. The summed E-state index contributed by atoms with van der Waals surface area (Å²) in [5.41, 5.74) is 2.61. The Bertz CT molecular complexity index is 273. The standard InChI is InChI=1S/C12H22N2O2/c1-4-12(5-2,15-3)11(14-13)9-10-7-6-8-16-10/h6-8,11,14H,4-5,9,13H2,1-3H3. The second kappa shape index (κ2) is 6.03. The van der Waals surface area contributed by atoms with Crippen LogP contribution in [0, 0.1) is 0 Å². The van der Waals surface area contributed by atoms with Crippen molar-refractivity contribution in [1.82, 2.24) is 5.43 Å². The molecule has 1 heterocycles. The molecule has 0 bridgehead atoms. The molecular weight excluding hydrogens is 204 g/mol. The number of nitrogens with one attached hydrogen (secondary N) is 1. The largest absolute Gasteiger partial charge is 0.469 e. The van der Waals surface area contributed by atoms with Crippen molar-refractivity contribution in [1.29, 1.82) is 0 Å². The molecule has 92 valence electrons. The summed E-state index contributed by atoms with van der Waals surface area (Å²) in [6.45, 7) is 4.22. The Morgan fingerprint density at radius 3 is 2.56 bits per heavy atom. The average molecular weight is 226 g/mol. The fraction of sp³-hybridized carbons (Fsp3) is 0.667. The zero-order chi connectivity index (χ0) is 12.0. The molecule has 0 aliphatic rings. The number of rotatable bonds is 7. The third-order valence-corrected chi connectivity index (χ3v) is 3.43. The maximum atomic E-state index is 5.65. The Morgan fingerprint density at radius 1 is 1.50 bits per heavy atom. The number of nitrogens with two attached hydrogens (primary N) is 1. The molecule has 0 fully saturated rings. The first kappa shape index (κ1) is 13.2. The van der Waals surface area contributed by atoms with Crippen molar-refractivity contribution in [2.45, 2.75) is 44.8 Å². The Labute approximate surface area is 97.1 Å². The van der Waals surface area contributed by atoms with Gasteiger partial charge in [0.15, 0.2) is 0 Å². The summed E-state index contributed by atoms with van der Waals surface area (Å²) in [6.07, 6.45) is 4.24. The monoisotopic (exact) mass is 226 g/mol. The van der Waals surface area contributed by atoms with Gasteiger partial charge in [-0.05, 0) is 25.0 Å². The Hall–Kier alpha value is -0.840. The molecule has 1 atom stereocenters. The molecule has 1 unspecified atom stereocenters. The van der Waals surface area contributed by atoms with E-state index < -0.39 is 0 Å². The first-order valence-corrected chi connectivity index (χ1v) is 5.76. The normalized spacial score (nSPS) is 14.0. The second-order valence-electron chi connectivity index (χ2n) is 3.98. The Kier molecular flexibility index (Phi) is 4.99. The summed E-state index contributed by atoms with van der Waals surface area (Å²) >= 11 is 0. The lowest BCUT2D eigenvalue weighted by atomic mass is 9.86. The van der Waals surface area contributed by atoms with E-state index in [1.807, 2.05) is 12.1 Å². The van der Waals surface area contributed by atoms with Gasteiger partial charge in [-0.15, -0.1) is 0 Å². The van der Waals surface area contributed by atoms with E-state index in [0.717, 1.165) is 25.0 Å². The van der Waals surface area contributed by atoms with Gasteiger partial charge in [0.1, 0.15) is 5.76 Å². The van der Waals surface area contributed by atoms with Gasteiger partial charge in [-0.25, -0.2) is 0 Å². The third-order valence-electron chi connectivity index (χ3n) is 3.43. The lowest BCUT2D eigenvalue weighted by molar-refractivity contribution is -0.0483. The molecule has 1 aromatic rings. The van der Waals surface area contributed by atoms with E-state index in [4.69, 9.17) is 15.0 Å². The minimum Gasteiger partial charge on any atom is -0.469 e. The van der Waals surface area contributed by atoms with Gasteiger partial charge < -0.3 is 9.15 Å². The highest BCUT2D eigenvalue weighted by Crippen LogP contribution is 2.26. The van der Waals surface area contributed by atoms with Gasteiger partial charge in [0, 0.05) is 13.5 Å². The van der Waals surface area contributed by atoms with E-state index in [2.05, 4.69) is 19.3 Å². The third kappa shape index (κ3) is 2.64. The zero-order valence-electron chi connectivity index (χ0n) is 10.3. The average Bonchev–Trinajstić information content (AvgIpc) is 2.83. The first-order chi connectivity index (χ1) is 7.72. The molecule has 16 heavy (non-hydrogen) atoms. The number of ether oxygens (including phenoxy) is 1. The van der Waals surface area contributed by atoms with Crippen LogP contribution in [0.5, 0.6) is 0 Å². The molecular formula is C12H22N2O2. The Morgan fingerprint density at radius 2 is 2.19 bits per heavy atom. The molecule has 1 rings (SSSR count). The fourth-order valence-corrected chi connectivity index (χ4v) is 2.20. The van der Waals surface area contributed by atoms with Crippen LogP contribution in [0.15, 0.2) is 22.8 Å². The van der Waals surface area contributed by atoms with Gasteiger partial charge in [0.2, 0.25) is 0 Å². The first-order valence-electron chi connectivity index (χ1n) is 5.76. The van der Waals surface area contributed by atoms with Crippen molar-refractivity contribution in [2.24, 2.45) is 5.84 Å². The van der Waals surface area contributed by atoms with Crippen LogP contribution in [-0.4, -0.2) is 18.8 Å². The van der Waals surface area contributed by atoms with Crippen LogP contribution in [0.4, 0.5) is 0 Å². The van der Waals surface area contributed by atoms with Crippen molar-refractivity contribution in [3.05, 3.63) is 24.2 Å². The van der Waals surface area contributed by atoms with Gasteiger partial charge in [0.05, 0.1) is 17.9 Å². The molecule has 0 spiro atoms. The second-order valence-corrected chi connectivity index (χ2v) is 3.98. The van der Waals surface area contributed by atoms with Crippen molar-refractivity contribution in [2.75, 3.05) is 7.11 Å². The van der Waals surface area contributed by atoms with Crippen LogP contribution in [0.1, 0.15) is 32.4 Å². The van der Waals surface area contributed by atoms with Crippen molar-refractivity contribution in [3.8, 4) is 0 Å². The molecule has 0 aliphatic carbocycles. The van der Waals surface area contributed by atoms with Crippen LogP contribution >= 0.6 is 0 Å². The summed E-state index contributed by atoms with van der Waals surface area (Å²) in [6, 6.07) is 3.89. The minimum absolute atomic E-state index is 0.0543. The molecule has 0 aliphatic heterocycles. The highest BCUT2D eigenvalue weighted by molar-refractivity contribution is 5.04. The smallest absolute Gasteiger partial charge is 0.105 e. The van der Waals surface area contributed by atoms with E-state index in [1.54, 1.807) is 13.4 Å². The molecule has 4 heteroatoms. The van der Waals surface area contributed by atoms with Crippen LogP contribution in [0.2, 0.25) is 0 Å². The summed E-state index contributed by atoms with van der Waals surface area (Å²) in [4.78, 5) is 0. The Balaban J connectivity index is 2.78. The van der Waals surface area contributed by atoms with Crippen molar-refractivity contribution >= 4 is 0 Å². The summed E-state index contributed by atoms with van der Waals surface area (Å²) in [5, 5.41) is 0. The molecule has 0 saturated heterocycles. The van der Waals surface area contributed by atoms with Crippen molar-refractivity contribution in [3.63, 3.8) is 0 Å². The molecule has 0 amide bonds. The summed E-state index contributed by atoms with van der Waals surface area (Å²) < 4.78 is 11.0. The number of hydrazine groups is 1. The van der Waals surface area contributed by atoms with E-state index in [0.29, 0.717) is 0 Å². The predicted molar refractivity (Wildman–Crippen MR) is 63.8 cm³/mol. The molecule has 0 aromatic carbocycles. The summed E-state index contributed by atoms with van der Waals surface area (Å²) in [5.74, 6) is 6.55. The van der Waals surface area contributed by atoms with Crippen LogP contribution in [-0.2, 0) is 11.2 Å². The van der Waals surface area contributed by atoms with Crippen LogP contribution < -0.4 is 11.3 Å². The highest BCUT2D eigenvalue weighted by atomic mass is 16.5. The van der Waals surface area contributed by atoms with E-state index in [-0.39, 0.29) is 11.6 Å². The highest BCUT2D eigenvalue weighted by Gasteiger charge is 2.35. The van der Waals surface area contributed by atoms with Crippen molar-refractivity contribution < 1.29 is 9.15 Å². The predicted octanol–water partition coefficient (Wildman–Crippen LogP) is 1.86. The SMILES string of the molecule is CCC(CC)(OC)C(Cc1ccco1)NN. The van der Waals surface area contributed by atoms with Gasteiger partial charge in [0.25, 0.3) is 0 Å². The van der Waals surface area contributed by atoms with E-state index in [1.165, 1.54) is 0 Å². The van der Waals surface area contributed by atoms with E-state index in [9.17, 15) is 0 Å². The van der Waals surface area contributed by atoms with E-state index >= 15 is 0 Å². The lowest BCUT2D eigenvalue weighted by Gasteiger charge is -2.37.